The van der Waals surface area contributed by atoms with E-state index in [1.807, 2.05) is 24.3 Å². The van der Waals surface area contributed by atoms with Gasteiger partial charge in [0.2, 0.25) is 0 Å². The summed E-state index contributed by atoms with van der Waals surface area (Å²) in [4.78, 5) is 20.9. The van der Waals surface area contributed by atoms with Gasteiger partial charge in [-0.05, 0) is 42.0 Å². The molecule has 2 heterocycles. The van der Waals surface area contributed by atoms with Crippen LogP contribution in [0, 0.1) is 0 Å². The van der Waals surface area contributed by atoms with E-state index in [2.05, 4.69) is 15.3 Å². The van der Waals surface area contributed by atoms with Crippen LogP contribution in [0.2, 0.25) is 0 Å². The van der Waals surface area contributed by atoms with Gasteiger partial charge in [-0.15, -0.1) is 0 Å². The number of fused-ring (bicyclic) bond motifs is 1. The molecule has 0 atom stereocenters. The lowest BCUT2D eigenvalue weighted by molar-refractivity contribution is -0.136. The van der Waals surface area contributed by atoms with Gasteiger partial charge in [0.25, 0.3) is 5.91 Å². The van der Waals surface area contributed by atoms with Crippen molar-refractivity contribution in [3.05, 3.63) is 102 Å². The molecule has 2 aromatic carbocycles. The molecule has 0 bridgehead atoms. The number of pyridine rings is 2. The molecule has 0 aliphatic heterocycles. The highest BCUT2D eigenvalue weighted by Gasteiger charge is 2.37. The van der Waals surface area contributed by atoms with Gasteiger partial charge in [0, 0.05) is 23.5 Å². The van der Waals surface area contributed by atoms with E-state index in [9.17, 15) is 18.0 Å². The van der Waals surface area contributed by atoms with Crippen LogP contribution >= 0.6 is 0 Å². The van der Waals surface area contributed by atoms with Crippen LogP contribution in [0.25, 0.3) is 23.1 Å². The lowest BCUT2D eigenvalue weighted by atomic mass is 10.0. The maximum absolute atomic E-state index is 13.8. The second-order valence-electron chi connectivity index (χ2n) is 6.73. The second-order valence-corrected chi connectivity index (χ2v) is 6.73. The maximum Gasteiger partial charge on any atom is 0.417 e. The van der Waals surface area contributed by atoms with Gasteiger partial charge in [0.15, 0.2) is 0 Å². The van der Waals surface area contributed by atoms with E-state index >= 15 is 0 Å². The number of nitrogens with one attached hydrogen (secondary N) is 1. The van der Waals surface area contributed by atoms with Crippen molar-refractivity contribution in [2.75, 3.05) is 5.32 Å². The number of halogens is 3. The topological polar surface area (TPSA) is 54.9 Å². The van der Waals surface area contributed by atoms with Crippen LogP contribution in [-0.2, 0) is 6.18 Å². The maximum atomic E-state index is 13.8. The lowest BCUT2D eigenvalue weighted by Gasteiger charge is -2.15. The molecule has 4 aromatic rings. The molecule has 0 unspecified atom stereocenters. The van der Waals surface area contributed by atoms with Crippen LogP contribution in [0.5, 0.6) is 0 Å². The van der Waals surface area contributed by atoms with Crippen LogP contribution in [0.1, 0.15) is 27.2 Å². The molecule has 154 valence electrons. The van der Waals surface area contributed by atoms with E-state index in [0.29, 0.717) is 5.69 Å². The minimum atomic E-state index is -4.71. The molecule has 2 aromatic heterocycles. The molecular formula is C24H16F3N3O. The second kappa shape index (κ2) is 8.39. The standard InChI is InChI=1S/C24H16F3N3O/c25-24(26,27)22-19-9-1-2-10-21(19)29-15-20(22)23(31)30-18-8-5-6-16(14-18)11-12-17-7-3-4-13-28-17/h1-15H,(H,30,31)/b12-11+. The van der Waals surface area contributed by atoms with Crippen molar-refractivity contribution in [2.24, 2.45) is 0 Å². The van der Waals surface area contributed by atoms with Crippen molar-refractivity contribution < 1.29 is 18.0 Å². The lowest BCUT2D eigenvalue weighted by Crippen LogP contribution is -2.19. The van der Waals surface area contributed by atoms with E-state index in [-0.39, 0.29) is 10.9 Å². The summed E-state index contributed by atoms with van der Waals surface area (Å²) >= 11 is 0. The van der Waals surface area contributed by atoms with Crippen molar-refractivity contribution in [2.45, 2.75) is 6.18 Å². The quantitative estimate of drug-likeness (QED) is 0.437. The van der Waals surface area contributed by atoms with E-state index < -0.39 is 23.2 Å². The Labute approximate surface area is 176 Å². The Bertz CT molecular complexity index is 1270. The predicted molar refractivity (Wildman–Crippen MR) is 114 cm³/mol. The summed E-state index contributed by atoms with van der Waals surface area (Å²) in [7, 11) is 0. The van der Waals surface area contributed by atoms with Crippen molar-refractivity contribution >= 4 is 34.6 Å². The molecule has 4 rings (SSSR count). The third-order valence-corrected chi connectivity index (χ3v) is 4.58. The zero-order valence-electron chi connectivity index (χ0n) is 16.1. The Hall–Kier alpha value is -4.00. The van der Waals surface area contributed by atoms with E-state index in [1.54, 1.807) is 42.6 Å². The summed E-state index contributed by atoms with van der Waals surface area (Å²) in [6.07, 6.45) is 1.53. The van der Waals surface area contributed by atoms with Gasteiger partial charge in [-0.25, -0.2) is 0 Å². The molecule has 0 saturated carbocycles. The first-order valence-electron chi connectivity index (χ1n) is 9.37. The van der Waals surface area contributed by atoms with Crippen molar-refractivity contribution in [3.8, 4) is 0 Å². The third-order valence-electron chi connectivity index (χ3n) is 4.58. The normalized spacial score (nSPS) is 11.7. The molecule has 31 heavy (non-hydrogen) atoms. The number of para-hydroxylation sites is 1. The van der Waals surface area contributed by atoms with Crippen LogP contribution in [0.3, 0.4) is 0 Å². The first kappa shape index (κ1) is 20.3. The molecular weight excluding hydrogens is 403 g/mol. The van der Waals surface area contributed by atoms with Gasteiger partial charge in [0.05, 0.1) is 22.3 Å². The van der Waals surface area contributed by atoms with Crippen LogP contribution in [0.4, 0.5) is 18.9 Å². The Balaban J connectivity index is 1.63. The fourth-order valence-corrected chi connectivity index (χ4v) is 3.19. The van der Waals surface area contributed by atoms with Gasteiger partial charge in [0.1, 0.15) is 0 Å². The van der Waals surface area contributed by atoms with Crippen LogP contribution in [-0.4, -0.2) is 15.9 Å². The summed E-state index contributed by atoms with van der Waals surface area (Å²) in [6.45, 7) is 0. The highest BCUT2D eigenvalue weighted by Crippen LogP contribution is 2.37. The number of nitrogens with zero attached hydrogens (tertiary/aromatic N) is 2. The number of amides is 1. The fourth-order valence-electron chi connectivity index (χ4n) is 3.19. The van der Waals surface area contributed by atoms with Gasteiger partial charge < -0.3 is 5.32 Å². The SMILES string of the molecule is O=C(Nc1cccc(/C=C/c2ccccn2)c1)c1cnc2ccccc2c1C(F)(F)F. The molecule has 0 fully saturated rings. The molecule has 4 nitrogen and oxygen atoms in total. The minimum Gasteiger partial charge on any atom is -0.322 e. The Morgan fingerprint density at radius 1 is 0.903 bits per heavy atom. The van der Waals surface area contributed by atoms with E-state index in [4.69, 9.17) is 0 Å². The number of carbonyl (C=O) groups excluding carboxylic acids is 1. The number of aromatic nitrogens is 2. The number of rotatable bonds is 4. The molecule has 0 radical (unpaired) electrons. The number of anilines is 1. The van der Waals surface area contributed by atoms with E-state index in [1.165, 1.54) is 18.2 Å². The molecule has 1 amide bonds. The Morgan fingerprint density at radius 3 is 2.48 bits per heavy atom. The fraction of sp³-hybridized carbons (Fsp3) is 0.0417. The average molecular weight is 419 g/mol. The number of carbonyl (C=O) groups is 1. The molecule has 7 heteroatoms. The Kier molecular flexibility index (Phi) is 5.49. The Morgan fingerprint density at radius 2 is 1.71 bits per heavy atom. The minimum absolute atomic E-state index is 0.116. The van der Waals surface area contributed by atoms with Gasteiger partial charge in [-0.2, -0.15) is 13.2 Å². The summed E-state index contributed by atoms with van der Waals surface area (Å²) in [5, 5.41) is 2.43. The molecule has 0 aliphatic rings. The summed E-state index contributed by atoms with van der Waals surface area (Å²) in [5.74, 6) is -0.878. The highest BCUT2D eigenvalue weighted by atomic mass is 19.4. The first-order valence-corrected chi connectivity index (χ1v) is 9.37. The number of hydrogen-bond donors (Lipinski definition) is 1. The van der Waals surface area contributed by atoms with Crippen molar-refractivity contribution in [1.29, 1.82) is 0 Å². The van der Waals surface area contributed by atoms with Gasteiger partial charge in [-0.3, -0.25) is 14.8 Å². The first-order chi connectivity index (χ1) is 14.9. The predicted octanol–water partition coefficient (Wildman–Crippen LogP) is 6.07. The van der Waals surface area contributed by atoms with Crippen molar-refractivity contribution in [1.82, 2.24) is 9.97 Å². The summed E-state index contributed by atoms with van der Waals surface area (Å²) in [5.41, 5.74) is 0.537. The smallest absolute Gasteiger partial charge is 0.322 e. The third kappa shape index (κ3) is 4.61. The zero-order valence-corrected chi connectivity index (χ0v) is 16.1. The van der Waals surface area contributed by atoms with Crippen molar-refractivity contribution in [3.63, 3.8) is 0 Å². The van der Waals surface area contributed by atoms with Crippen LogP contribution in [0.15, 0.2) is 79.1 Å². The highest BCUT2D eigenvalue weighted by molar-refractivity contribution is 6.08. The molecule has 0 saturated heterocycles. The average Bonchev–Trinajstić information content (AvgIpc) is 2.77. The van der Waals surface area contributed by atoms with Crippen LogP contribution < -0.4 is 5.32 Å². The number of benzene rings is 2. The number of hydrogen-bond acceptors (Lipinski definition) is 3. The largest absolute Gasteiger partial charge is 0.417 e. The molecule has 0 spiro atoms. The summed E-state index contributed by atoms with van der Waals surface area (Å²) < 4.78 is 41.3. The monoisotopic (exact) mass is 419 g/mol. The molecule has 1 N–H and O–H groups in total. The van der Waals surface area contributed by atoms with Gasteiger partial charge >= 0.3 is 6.18 Å². The number of alkyl halides is 3. The zero-order chi connectivity index (χ0) is 21.8. The van der Waals surface area contributed by atoms with Gasteiger partial charge in [-0.1, -0.05) is 42.5 Å². The van der Waals surface area contributed by atoms with E-state index in [0.717, 1.165) is 17.5 Å². The summed E-state index contributed by atoms with van der Waals surface area (Å²) in [6, 6.07) is 18.2. The molecule has 0 aliphatic carbocycles.